The summed E-state index contributed by atoms with van der Waals surface area (Å²) in [6.07, 6.45) is 10.5. The summed E-state index contributed by atoms with van der Waals surface area (Å²) in [6.45, 7) is 0. The maximum Gasteiger partial charge on any atom is 0.394 e. The molecule has 8 nitrogen and oxygen atoms in total. The van der Waals surface area contributed by atoms with Gasteiger partial charge in [-0.25, -0.2) is 9.78 Å². The molecular weight excluding hydrogens is 300 g/mol. The molecular formula is C12H26N2O6S. The van der Waals surface area contributed by atoms with Crippen LogP contribution < -0.4 is 11.5 Å². The van der Waals surface area contributed by atoms with Crippen LogP contribution in [0.25, 0.3) is 0 Å². The van der Waals surface area contributed by atoms with E-state index in [4.69, 9.17) is 38.8 Å². The highest BCUT2D eigenvalue weighted by Gasteiger charge is 2.35. The second-order valence-electron chi connectivity index (χ2n) is 5.87. The third kappa shape index (κ3) is 8.67. The van der Waals surface area contributed by atoms with Crippen molar-refractivity contribution in [2.45, 2.75) is 75.7 Å². The Kier molecular flexibility index (Phi) is 6.98. The van der Waals surface area contributed by atoms with Gasteiger partial charge in [-0.1, -0.05) is 12.8 Å². The first kappa shape index (κ1) is 18.8. The zero-order chi connectivity index (χ0) is 16.0. The van der Waals surface area contributed by atoms with Gasteiger partial charge >= 0.3 is 10.4 Å². The van der Waals surface area contributed by atoms with Crippen LogP contribution in [0.2, 0.25) is 0 Å². The van der Waals surface area contributed by atoms with Crippen LogP contribution in [0.1, 0.15) is 64.2 Å². The third-order valence-corrected chi connectivity index (χ3v) is 3.77. The van der Waals surface area contributed by atoms with Crippen molar-refractivity contribution in [1.82, 2.24) is 0 Å². The highest BCUT2D eigenvalue weighted by Crippen LogP contribution is 2.32. The fraction of sp³-hybridized carbons (Fsp3) is 1.00. The lowest BCUT2D eigenvalue weighted by Crippen LogP contribution is -2.51. The summed E-state index contributed by atoms with van der Waals surface area (Å²) in [6, 6.07) is 0. The van der Waals surface area contributed by atoms with E-state index < -0.39 is 21.8 Å². The zero-order valence-corrected chi connectivity index (χ0v) is 13.0. The molecule has 2 saturated carbocycles. The first-order valence-corrected chi connectivity index (χ1v) is 8.66. The van der Waals surface area contributed by atoms with Gasteiger partial charge in [0.1, 0.15) is 0 Å². The monoisotopic (exact) mass is 326 g/mol. The molecule has 0 radical (unpaired) electrons. The van der Waals surface area contributed by atoms with Crippen LogP contribution in [0.5, 0.6) is 0 Å². The van der Waals surface area contributed by atoms with Crippen molar-refractivity contribution in [3.63, 3.8) is 0 Å². The average Bonchev–Trinajstić information content (AvgIpc) is 2.37. The Morgan fingerprint density at radius 2 is 0.952 bits per heavy atom. The van der Waals surface area contributed by atoms with Crippen LogP contribution >= 0.6 is 0 Å². The molecule has 21 heavy (non-hydrogen) atoms. The van der Waals surface area contributed by atoms with E-state index in [9.17, 15) is 0 Å². The Balaban J connectivity index is 0.000000383. The van der Waals surface area contributed by atoms with Crippen LogP contribution in [0, 0.1) is 0 Å². The first-order chi connectivity index (χ1) is 9.62. The molecule has 2 rings (SSSR count). The fourth-order valence-electron chi connectivity index (χ4n) is 2.63. The van der Waals surface area contributed by atoms with Crippen molar-refractivity contribution in [2.75, 3.05) is 0 Å². The lowest BCUT2D eigenvalue weighted by molar-refractivity contribution is -0.421. The smallest absolute Gasteiger partial charge is 0.301 e. The van der Waals surface area contributed by atoms with E-state index in [1.54, 1.807) is 0 Å². The van der Waals surface area contributed by atoms with Crippen molar-refractivity contribution in [1.29, 1.82) is 0 Å². The van der Waals surface area contributed by atoms with Crippen molar-refractivity contribution >= 4 is 10.4 Å². The molecule has 0 saturated heterocycles. The van der Waals surface area contributed by atoms with Crippen molar-refractivity contribution in [2.24, 2.45) is 11.5 Å². The standard InChI is InChI=1S/C12H24N2O2.H2O4S/c13-11(7-3-1-4-8-11)15-16-12(14)9-5-2-6-10-12;1-5(2,3)4/h1-10,13-14H2;(H2,1,2,3,4). The van der Waals surface area contributed by atoms with E-state index in [1.807, 2.05) is 0 Å². The lowest BCUT2D eigenvalue weighted by Gasteiger charge is -2.37. The summed E-state index contributed by atoms with van der Waals surface area (Å²) in [4.78, 5) is 10.9. The normalized spacial score (nSPS) is 24.8. The predicted molar refractivity (Wildman–Crippen MR) is 76.4 cm³/mol. The van der Waals surface area contributed by atoms with Gasteiger partial charge in [0.25, 0.3) is 0 Å². The minimum atomic E-state index is -4.67. The van der Waals surface area contributed by atoms with E-state index in [0.717, 1.165) is 51.4 Å². The third-order valence-electron chi connectivity index (χ3n) is 3.77. The molecule has 0 bridgehead atoms. The number of nitrogens with two attached hydrogens (primary N) is 2. The van der Waals surface area contributed by atoms with Gasteiger partial charge in [0.15, 0.2) is 11.4 Å². The van der Waals surface area contributed by atoms with E-state index in [1.165, 1.54) is 12.8 Å². The van der Waals surface area contributed by atoms with Crippen LogP contribution in [-0.4, -0.2) is 29.0 Å². The Morgan fingerprint density at radius 1 is 0.714 bits per heavy atom. The van der Waals surface area contributed by atoms with E-state index in [-0.39, 0.29) is 0 Å². The van der Waals surface area contributed by atoms with Gasteiger partial charge in [0.2, 0.25) is 0 Å². The predicted octanol–water partition coefficient (Wildman–Crippen LogP) is 1.52. The second-order valence-corrected chi connectivity index (χ2v) is 6.76. The molecule has 0 spiro atoms. The summed E-state index contributed by atoms with van der Waals surface area (Å²) in [5.41, 5.74) is 11.1. The summed E-state index contributed by atoms with van der Waals surface area (Å²) in [7, 11) is -4.67. The van der Waals surface area contributed by atoms with Crippen molar-refractivity contribution < 1.29 is 27.3 Å². The summed E-state index contributed by atoms with van der Waals surface area (Å²) < 4.78 is 31.6. The van der Waals surface area contributed by atoms with E-state index >= 15 is 0 Å². The van der Waals surface area contributed by atoms with Gasteiger partial charge in [-0.05, 0) is 51.4 Å². The Morgan fingerprint density at radius 3 is 1.19 bits per heavy atom. The number of hydrogen-bond acceptors (Lipinski definition) is 6. The maximum atomic E-state index is 8.74. The molecule has 0 unspecified atom stereocenters. The molecule has 126 valence electrons. The van der Waals surface area contributed by atoms with Crippen LogP contribution in [0.15, 0.2) is 0 Å². The molecule has 2 aliphatic rings. The van der Waals surface area contributed by atoms with Gasteiger partial charge in [-0.2, -0.15) is 8.42 Å². The van der Waals surface area contributed by atoms with E-state index in [2.05, 4.69) is 0 Å². The molecule has 9 heteroatoms. The summed E-state index contributed by atoms with van der Waals surface area (Å²) in [5.74, 6) is 0. The Labute approximate surface area is 125 Å². The molecule has 0 aliphatic heterocycles. The molecule has 0 aromatic heterocycles. The molecule has 2 fully saturated rings. The molecule has 2 aliphatic carbocycles. The zero-order valence-electron chi connectivity index (χ0n) is 12.2. The molecule has 0 atom stereocenters. The highest BCUT2D eigenvalue weighted by atomic mass is 32.3. The first-order valence-electron chi connectivity index (χ1n) is 7.26. The quantitative estimate of drug-likeness (QED) is 0.264. The topological polar surface area (TPSA) is 145 Å². The fourth-order valence-corrected chi connectivity index (χ4v) is 2.63. The van der Waals surface area contributed by atoms with Gasteiger partial charge < -0.3 is 11.5 Å². The number of rotatable bonds is 3. The molecule has 0 aromatic carbocycles. The summed E-state index contributed by atoms with van der Waals surface area (Å²) in [5, 5.41) is 0. The second kappa shape index (κ2) is 7.82. The minimum absolute atomic E-state index is 0.595. The van der Waals surface area contributed by atoms with Crippen LogP contribution in [0.4, 0.5) is 0 Å². The minimum Gasteiger partial charge on any atom is -0.301 e. The SMILES string of the molecule is NC1(OOC2(N)CCCCC2)CCCCC1.O=S(=O)(O)O. The van der Waals surface area contributed by atoms with Gasteiger partial charge in [0, 0.05) is 0 Å². The van der Waals surface area contributed by atoms with Crippen molar-refractivity contribution in [3.05, 3.63) is 0 Å². The molecule has 0 aromatic rings. The van der Waals surface area contributed by atoms with Crippen molar-refractivity contribution in [3.8, 4) is 0 Å². The largest absolute Gasteiger partial charge is 0.394 e. The highest BCUT2D eigenvalue weighted by molar-refractivity contribution is 7.79. The molecule has 0 amide bonds. The Hall–Kier alpha value is -0.290. The summed E-state index contributed by atoms with van der Waals surface area (Å²) >= 11 is 0. The van der Waals surface area contributed by atoms with E-state index in [0.29, 0.717) is 0 Å². The molecule has 0 heterocycles. The van der Waals surface area contributed by atoms with Gasteiger partial charge in [-0.15, -0.1) is 0 Å². The lowest BCUT2D eigenvalue weighted by atomic mass is 9.92. The van der Waals surface area contributed by atoms with Gasteiger partial charge in [0.05, 0.1) is 0 Å². The average molecular weight is 326 g/mol. The maximum absolute atomic E-state index is 8.74. The van der Waals surface area contributed by atoms with Crippen LogP contribution in [-0.2, 0) is 20.2 Å². The molecule has 6 N–H and O–H groups in total. The van der Waals surface area contributed by atoms with Crippen LogP contribution in [0.3, 0.4) is 0 Å². The number of hydrogen-bond donors (Lipinski definition) is 4. The Bertz CT molecular complexity index is 370. The van der Waals surface area contributed by atoms with Gasteiger partial charge in [-0.3, -0.25) is 9.11 Å².